The van der Waals surface area contributed by atoms with Gasteiger partial charge in [0.25, 0.3) is 0 Å². The summed E-state index contributed by atoms with van der Waals surface area (Å²) in [4.78, 5) is 0. The van der Waals surface area contributed by atoms with Crippen LogP contribution in [0.4, 0.5) is 5.13 Å². The van der Waals surface area contributed by atoms with E-state index in [4.69, 9.17) is 4.74 Å². The van der Waals surface area contributed by atoms with E-state index in [-0.39, 0.29) is 0 Å². The fourth-order valence-corrected chi connectivity index (χ4v) is 2.49. The van der Waals surface area contributed by atoms with Gasteiger partial charge < -0.3 is 10.1 Å². The average molecular weight is 271 g/mol. The van der Waals surface area contributed by atoms with Crippen LogP contribution in [0, 0.1) is 5.92 Å². The van der Waals surface area contributed by atoms with Crippen molar-refractivity contribution in [2.75, 3.05) is 18.5 Å². The van der Waals surface area contributed by atoms with Gasteiger partial charge in [-0.05, 0) is 19.3 Å². The summed E-state index contributed by atoms with van der Waals surface area (Å²) in [6.45, 7) is 8.83. The number of hydrogen-bond donors (Lipinski definition) is 1. The highest BCUT2D eigenvalue weighted by atomic mass is 32.1. The van der Waals surface area contributed by atoms with Crippen LogP contribution in [0.5, 0.6) is 0 Å². The van der Waals surface area contributed by atoms with Gasteiger partial charge in [0.15, 0.2) is 0 Å². The van der Waals surface area contributed by atoms with Crippen molar-refractivity contribution in [3.8, 4) is 0 Å². The lowest BCUT2D eigenvalue weighted by molar-refractivity contribution is 0.0815. The molecule has 0 aliphatic carbocycles. The first-order chi connectivity index (χ1) is 8.80. The summed E-state index contributed by atoms with van der Waals surface area (Å²) in [5.74, 6) is 0.686. The Hall–Kier alpha value is -0.680. The first-order valence-corrected chi connectivity index (χ1v) is 7.75. The molecule has 104 valence electrons. The lowest BCUT2D eigenvalue weighted by Crippen LogP contribution is -2.08. The van der Waals surface area contributed by atoms with E-state index in [2.05, 4.69) is 36.3 Å². The molecule has 4 nitrogen and oxygen atoms in total. The first-order valence-electron chi connectivity index (χ1n) is 6.94. The second kappa shape index (κ2) is 9.28. The molecule has 0 bridgehead atoms. The molecule has 1 atom stereocenters. The Balaban J connectivity index is 2.22. The monoisotopic (exact) mass is 271 g/mol. The zero-order valence-corrected chi connectivity index (χ0v) is 12.6. The zero-order chi connectivity index (χ0) is 13.2. The van der Waals surface area contributed by atoms with E-state index in [0.717, 1.165) is 23.3 Å². The molecule has 5 heteroatoms. The standard InChI is InChI=1S/C13H25N3OS/c1-4-7-8-11(5-2)9-17-10-12-15-16-13(18-12)14-6-3/h11H,4-10H2,1-3H3,(H,14,16). The van der Waals surface area contributed by atoms with Gasteiger partial charge in [0, 0.05) is 13.2 Å². The molecule has 1 aromatic rings. The maximum absolute atomic E-state index is 5.74. The molecule has 0 amide bonds. The molecule has 0 aromatic carbocycles. The molecule has 18 heavy (non-hydrogen) atoms. The van der Waals surface area contributed by atoms with Crippen LogP contribution in [0.1, 0.15) is 51.5 Å². The minimum absolute atomic E-state index is 0.589. The van der Waals surface area contributed by atoms with Gasteiger partial charge in [-0.3, -0.25) is 0 Å². The van der Waals surface area contributed by atoms with Gasteiger partial charge in [0.1, 0.15) is 11.6 Å². The highest BCUT2D eigenvalue weighted by Crippen LogP contribution is 2.17. The van der Waals surface area contributed by atoms with Crippen LogP contribution < -0.4 is 5.32 Å². The maximum atomic E-state index is 5.74. The van der Waals surface area contributed by atoms with Crippen molar-refractivity contribution in [3.63, 3.8) is 0 Å². The van der Waals surface area contributed by atoms with E-state index in [1.165, 1.54) is 25.7 Å². The number of unbranched alkanes of at least 4 members (excludes halogenated alkanes) is 1. The Labute approximate surface area is 114 Å². The third-order valence-electron chi connectivity index (χ3n) is 2.92. The van der Waals surface area contributed by atoms with Crippen LogP contribution in [0.2, 0.25) is 0 Å². The van der Waals surface area contributed by atoms with Gasteiger partial charge in [-0.1, -0.05) is 44.4 Å². The minimum Gasteiger partial charge on any atom is -0.374 e. The topological polar surface area (TPSA) is 47.0 Å². The maximum Gasteiger partial charge on any atom is 0.205 e. The Morgan fingerprint density at radius 2 is 2.11 bits per heavy atom. The molecule has 1 heterocycles. The summed E-state index contributed by atoms with van der Waals surface area (Å²) in [6.07, 6.45) is 5.02. The number of ether oxygens (including phenoxy) is 1. The molecular formula is C13H25N3OS. The van der Waals surface area contributed by atoms with Gasteiger partial charge in [-0.25, -0.2) is 0 Å². The number of anilines is 1. The highest BCUT2D eigenvalue weighted by molar-refractivity contribution is 7.15. The molecule has 1 N–H and O–H groups in total. The summed E-state index contributed by atoms with van der Waals surface area (Å²) in [5.41, 5.74) is 0. The van der Waals surface area contributed by atoms with Gasteiger partial charge in [0.2, 0.25) is 5.13 Å². The molecule has 0 aliphatic rings. The predicted octanol–water partition coefficient (Wildman–Crippen LogP) is 3.70. The molecule has 0 saturated carbocycles. The number of nitrogens with one attached hydrogen (secondary N) is 1. The van der Waals surface area contributed by atoms with E-state index in [1.807, 2.05) is 0 Å². The second-order valence-corrected chi connectivity index (χ2v) is 5.52. The van der Waals surface area contributed by atoms with Gasteiger partial charge in [-0.15, -0.1) is 10.2 Å². The van der Waals surface area contributed by atoms with Crippen molar-refractivity contribution >= 4 is 16.5 Å². The molecular weight excluding hydrogens is 246 g/mol. The Morgan fingerprint density at radius 3 is 2.78 bits per heavy atom. The summed E-state index contributed by atoms with van der Waals surface area (Å²) in [7, 11) is 0. The average Bonchev–Trinajstić information content (AvgIpc) is 2.82. The molecule has 0 aliphatic heterocycles. The molecule has 1 aromatic heterocycles. The van der Waals surface area contributed by atoms with E-state index < -0.39 is 0 Å². The fourth-order valence-electron chi connectivity index (χ4n) is 1.75. The van der Waals surface area contributed by atoms with E-state index in [0.29, 0.717) is 12.5 Å². The molecule has 0 spiro atoms. The number of rotatable bonds is 10. The van der Waals surface area contributed by atoms with Crippen molar-refractivity contribution in [2.45, 2.75) is 53.1 Å². The number of hydrogen-bond acceptors (Lipinski definition) is 5. The largest absolute Gasteiger partial charge is 0.374 e. The summed E-state index contributed by atoms with van der Waals surface area (Å²) in [6, 6.07) is 0. The molecule has 1 rings (SSSR count). The summed E-state index contributed by atoms with van der Waals surface area (Å²) >= 11 is 1.58. The van der Waals surface area contributed by atoms with E-state index in [9.17, 15) is 0 Å². The number of aromatic nitrogens is 2. The van der Waals surface area contributed by atoms with Gasteiger partial charge in [0.05, 0.1) is 0 Å². The van der Waals surface area contributed by atoms with Crippen LogP contribution in [0.15, 0.2) is 0 Å². The number of nitrogens with zero attached hydrogens (tertiary/aromatic N) is 2. The first kappa shape index (κ1) is 15.4. The van der Waals surface area contributed by atoms with Crippen LogP contribution in [-0.4, -0.2) is 23.3 Å². The van der Waals surface area contributed by atoms with Gasteiger partial charge in [-0.2, -0.15) is 0 Å². The quantitative estimate of drug-likeness (QED) is 0.705. The minimum atomic E-state index is 0.589. The third-order valence-corrected chi connectivity index (χ3v) is 3.77. The molecule has 0 fully saturated rings. The fraction of sp³-hybridized carbons (Fsp3) is 0.846. The Bertz CT molecular complexity index is 317. The lowest BCUT2D eigenvalue weighted by atomic mass is 10.0. The van der Waals surface area contributed by atoms with Crippen molar-refractivity contribution in [2.24, 2.45) is 5.92 Å². The van der Waals surface area contributed by atoms with Crippen molar-refractivity contribution in [3.05, 3.63) is 5.01 Å². The highest BCUT2D eigenvalue weighted by Gasteiger charge is 2.08. The van der Waals surface area contributed by atoms with Crippen LogP contribution in [0.25, 0.3) is 0 Å². The third kappa shape index (κ3) is 5.78. The van der Waals surface area contributed by atoms with Crippen molar-refractivity contribution < 1.29 is 4.74 Å². The molecule has 1 unspecified atom stereocenters. The summed E-state index contributed by atoms with van der Waals surface area (Å²) in [5, 5.41) is 13.1. The zero-order valence-electron chi connectivity index (χ0n) is 11.7. The SMILES string of the molecule is CCCCC(CC)COCc1nnc(NCC)s1. The van der Waals surface area contributed by atoms with Crippen molar-refractivity contribution in [1.29, 1.82) is 0 Å². The normalized spacial score (nSPS) is 12.6. The molecule has 0 saturated heterocycles. The predicted molar refractivity (Wildman–Crippen MR) is 77.0 cm³/mol. The lowest BCUT2D eigenvalue weighted by Gasteiger charge is -2.13. The smallest absolute Gasteiger partial charge is 0.205 e. The second-order valence-electron chi connectivity index (χ2n) is 4.46. The van der Waals surface area contributed by atoms with E-state index >= 15 is 0 Å². The Kier molecular flexibility index (Phi) is 7.93. The van der Waals surface area contributed by atoms with E-state index in [1.54, 1.807) is 11.3 Å². The summed E-state index contributed by atoms with van der Waals surface area (Å²) < 4.78 is 5.74. The Morgan fingerprint density at radius 1 is 1.28 bits per heavy atom. The van der Waals surface area contributed by atoms with Crippen LogP contribution in [0.3, 0.4) is 0 Å². The molecule has 0 radical (unpaired) electrons. The van der Waals surface area contributed by atoms with Crippen LogP contribution in [-0.2, 0) is 11.3 Å². The van der Waals surface area contributed by atoms with Crippen molar-refractivity contribution in [1.82, 2.24) is 10.2 Å². The van der Waals surface area contributed by atoms with Gasteiger partial charge >= 0.3 is 0 Å². The van der Waals surface area contributed by atoms with Crippen LogP contribution >= 0.6 is 11.3 Å².